The number of amides is 1. The third-order valence-electron chi connectivity index (χ3n) is 3.51. The lowest BCUT2D eigenvalue weighted by Crippen LogP contribution is -2.35. The molecule has 0 atom stereocenters. The third kappa shape index (κ3) is 3.88. The highest BCUT2D eigenvalue weighted by Crippen LogP contribution is 2.24. The van der Waals surface area contributed by atoms with Gasteiger partial charge in [0.1, 0.15) is 11.5 Å². The molecule has 0 unspecified atom stereocenters. The van der Waals surface area contributed by atoms with Crippen LogP contribution in [0.5, 0.6) is 11.5 Å². The maximum absolute atomic E-state index is 12.4. The Morgan fingerprint density at radius 1 is 1.21 bits per heavy atom. The molecule has 0 heterocycles. The molecular weight excluding hydrogens is 242 g/mol. The van der Waals surface area contributed by atoms with Gasteiger partial charge in [0, 0.05) is 13.1 Å². The van der Waals surface area contributed by atoms with Gasteiger partial charge in [0.05, 0.1) is 5.56 Å². The summed E-state index contributed by atoms with van der Waals surface area (Å²) in [6.07, 6.45) is 2.04. The van der Waals surface area contributed by atoms with E-state index in [1.807, 2.05) is 6.92 Å². The summed E-state index contributed by atoms with van der Waals surface area (Å²) >= 11 is 0. The van der Waals surface area contributed by atoms with E-state index in [4.69, 9.17) is 0 Å². The smallest absolute Gasteiger partial charge is 0.257 e. The van der Waals surface area contributed by atoms with E-state index in [2.05, 4.69) is 13.8 Å². The number of phenols is 2. The fourth-order valence-corrected chi connectivity index (χ4v) is 2.08. The maximum Gasteiger partial charge on any atom is 0.257 e. The molecule has 0 saturated heterocycles. The number of aromatic hydroxyl groups is 2. The molecule has 0 radical (unpaired) electrons. The van der Waals surface area contributed by atoms with E-state index in [-0.39, 0.29) is 23.0 Å². The van der Waals surface area contributed by atoms with Crippen molar-refractivity contribution in [1.82, 2.24) is 4.90 Å². The molecule has 0 aliphatic rings. The van der Waals surface area contributed by atoms with Crippen molar-refractivity contribution in [2.75, 3.05) is 13.1 Å². The molecule has 19 heavy (non-hydrogen) atoms. The predicted molar refractivity (Wildman–Crippen MR) is 75.4 cm³/mol. The zero-order valence-electron chi connectivity index (χ0n) is 11.9. The first-order chi connectivity index (χ1) is 9.03. The van der Waals surface area contributed by atoms with Crippen LogP contribution in [0.4, 0.5) is 0 Å². The Bertz CT molecular complexity index is 427. The molecule has 4 heteroatoms. The molecule has 0 aliphatic heterocycles. The Morgan fingerprint density at radius 2 is 1.84 bits per heavy atom. The molecule has 4 nitrogen and oxygen atoms in total. The molecule has 0 aromatic heterocycles. The minimum absolute atomic E-state index is 0.0141. The molecular formula is C15H23NO3. The lowest BCUT2D eigenvalue weighted by atomic mass is 10.0. The van der Waals surface area contributed by atoms with Crippen LogP contribution in [0.1, 0.15) is 44.0 Å². The van der Waals surface area contributed by atoms with E-state index in [1.165, 1.54) is 18.2 Å². The van der Waals surface area contributed by atoms with Gasteiger partial charge in [0.2, 0.25) is 0 Å². The van der Waals surface area contributed by atoms with Crippen molar-refractivity contribution >= 4 is 5.91 Å². The minimum Gasteiger partial charge on any atom is -0.508 e. The Kier molecular flexibility index (Phi) is 5.67. The van der Waals surface area contributed by atoms with Gasteiger partial charge < -0.3 is 15.1 Å². The Morgan fingerprint density at radius 3 is 2.37 bits per heavy atom. The Labute approximate surface area is 114 Å². The van der Waals surface area contributed by atoms with Gasteiger partial charge in [-0.2, -0.15) is 0 Å². The molecule has 1 amide bonds. The van der Waals surface area contributed by atoms with E-state index in [0.29, 0.717) is 19.0 Å². The van der Waals surface area contributed by atoms with E-state index in [0.717, 1.165) is 12.8 Å². The summed E-state index contributed by atoms with van der Waals surface area (Å²) in [4.78, 5) is 14.1. The third-order valence-corrected chi connectivity index (χ3v) is 3.51. The first kappa shape index (κ1) is 15.3. The van der Waals surface area contributed by atoms with Crippen LogP contribution in [0, 0.1) is 5.92 Å². The van der Waals surface area contributed by atoms with Crippen molar-refractivity contribution in [1.29, 1.82) is 0 Å². The van der Waals surface area contributed by atoms with E-state index >= 15 is 0 Å². The number of carbonyl (C=O) groups excluding carboxylic acids is 1. The van der Waals surface area contributed by atoms with Crippen molar-refractivity contribution < 1.29 is 15.0 Å². The monoisotopic (exact) mass is 265 g/mol. The summed E-state index contributed by atoms with van der Waals surface area (Å²) in [7, 11) is 0. The molecule has 0 bridgehead atoms. The zero-order valence-corrected chi connectivity index (χ0v) is 11.9. The van der Waals surface area contributed by atoms with Crippen molar-refractivity contribution in [2.24, 2.45) is 5.92 Å². The number of carbonyl (C=O) groups is 1. The van der Waals surface area contributed by atoms with E-state index in [9.17, 15) is 15.0 Å². The summed E-state index contributed by atoms with van der Waals surface area (Å²) in [5, 5.41) is 19.2. The molecule has 0 saturated carbocycles. The van der Waals surface area contributed by atoms with Gasteiger partial charge in [0.15, 0.2) is 0 Å². The van der Waals surface area contributed by atoms with Gasteiger partial charge >= 0.3 is 0 Å². The molecule has 1 aromatic carbocycles. The fourth-order valence-electron chi connectivity index (χ4n) is 2.08. The first-order valence-corrected chi connectivity index (χ1v) is 6.84. The lowest BCUT2D eigenvalue weighted by molar-refractivity contribution is 0.0731. The molecule has 2 N–H and O–H groups in total. The normalized spacial score (nSPS) is 10.7. The van der Waals surface area contributed by atoms with Gasteiger partial charge in [-0.05, 0) is 31.0 Å². The van der Waals surface area contributed by atoms with Crippen LogP contribution in [0.15, 0.2) is 18.2 Å². The van der Waals surface area contributed by atoms with Crippen molar-refractivity contribution in [3.8, 4) is 11.5 Å². The van der Waals surface area contributed by atoms with Crippen molar-refractivity contribution in [2.45, 2.75) is 33.6 Å². The predicted octanol–water partition coefficient (Wildman–Crippen LogP) is 3.00. The number of phenolic OH excluding ortho intramolecular Hbond substituents is 2. The average Bonchev–Trinajstić information content (AvgIpc) is 2.42. The molecule has 1 aromatic rings. The highest BCUT2D eigenvalue weighted by molar-refractivity contribution is 5.97. The zero-order chi connectivity index (χ0) is 14.4. The van der Waals surface area contributed by atoms with Crippen molar-refractivity contribution in [3.63, 3.8) is 0 Å². The van der Waals surface area contributed by atoms with Crippen LogP contribution in [0.25, 0.3) is 0 Å². The summed E-state index contributed by atoms with van der Waals surface area (Å²) in [6, 6.07) is 4.02. The summed E-state index contributed by atoms with van der Waals surface area (Å²) in [6.45, 7) is 7.40. The fraction of sp³-hybridized carbons (Fsp3) is 0.533. The van der Waals surface area contributed by atoms with Gasteiger partial charge in [-0.3, -0.25) is 4.79 Å². The molecule has 1 rings (SSSR count). The van der Waals surface area contributed by atoms with Gasteiger partial charge in [-0.25, -0.2) is 0 Å². The van der Waals surface area contributed by atoms with Gasteiger partial charge in [-0.15, -0.1) is 0 Å². The maximum atomic E-state index is 12.4. The van der Waals surface area contributed by atoms with Crippen LogP contribution >= 0.6 is 0 Å². The largest absolute Gasteiger partial charge is 0.508 e. The van der Waals surface area contributed by atoms with Crippen LogP contribution in [-0.2, 0) is 0 Å². The first-order valence-electron chi connectivity index (χ1n) is 6.84. The SMILES string of the molecule is CCC(CC)CN(CC)C(=O)c1cc(O)ccc1O. The Balaban J connectivity index is 2.92. The molecule has 106 valence electrons. The summed E-state index contributed by atoms with van der Waals surface area (Å²) in [5.41, 5.74) is 0.160. The standard InChI is InChI=1S/C15H23NO3/c1-4-11(5-2)10-16(6-3)15(19)13-9-12(17)7-8-14(13)18/h7-9,11,17-18H,4-6,10H2,1-3H3. The second-order valence-corrected chi connectivity index (χ2v) is 4.73. The van der Waals surface area contributed by atoms with Crippen LogP contribution in [-0.4, -0.2) is 34.1 Å². The summed E-state index contributed by atoms with van der Waals surface area (Å²) < 4.78 is 0. The second kappa shape index (κ2) is 7.02. The van der Waals surface area contributed by atoms with Crippen LogP contribution in [0.3, 0.4) is 0 Å². The number of hydrogen-bond acceptors (Lipinski definition) is 3. The summed E-state index contributed by atoms with van der Waals surface area (Å²) in [5.74, 6) is 0.122. The number of benzene rings is 1. The molecule has 0 spiro atoms. The average molecular weight is 265 g/mol. The molecule has 0 fully saturated rings. The van der Waals surface area contributed by atoms with Gasteiger partial charge in [0.25, 0.3) is 5.91 Å². The Hall–Kier alpha value is -1.71. The van der Waals surface area contributed by atoms with E-state index < -0.39 is 0 Å². The van der Waals surface area contributed by atoms with E-state index in [1.54, 1.807) is 4.90 Å². The van der Waals surface area contributed by atoms with Crippen LogP contribution < -0.4 is 0 Å². The highest BCUT2D eigenvalue weighted by Gasteiger charge is 2.20. The highest BCUT2D eigenvalue weighted by atomic mass is 16.3. The number of rotatable bonds is 6. The number of nitrogens with zero attached hydrogens (tertiary/aromatic N) is 1. The van der Waals surface area contributed by atoms with Crippen LogP contribution in [0.2, 0.25) is 0 Å². The number of hydrogen-bond donors (Lipinski definition) is 2. The molecule has 0 aliphatic carbocycles. The minimum atomic E-state index is -0.234. The van der Waals surface area contributed by atoms with Gasteiger partial charge in [-0.1, -0.05) is 26.7 Å². The van der Waals surface area contributed by atoms with Crippen molar-refractivity contribution in [3.05, 3.63) is 23.8 Å². The lowest BCUT2D eigenvalue weighted by Gasteiger charge is -2.25. The quantitative estimate of drug-likeness (QED) is 0.777. The topological polar surface area (TPSA) is 60.8 Å². The second-order valence-electron chi connectivity index (χ2n) is 4.73.